The van der Waals surface area contributed by atoms with Crippen molar-refractivity contribution in [2.75, 3.05) is 20.1 Å². The van der Waals surface area contributed by atoms with Gasteiger partial charge in [0, 0.05) is 23.0 Å². The number of hydrogen-bond acceptors (Lipinski definition) is 2. The van der Waals surface area contributed by atoms with Crippen molar-refractivity contribution in [3.05, 3.63) is 53.8 Å². The summed E-state index contributed by atoms with van der Waals surface area (Å²) in [6.45, 7) is 5.20. The molecule has 1 saturated heterocycles. The van der Waals surface area contributed by atoms with Gasteiger partial charge in [-0.1, -0.05) is 18.2 Å². The Hall–Kier alpha value is -2.66. The SMILES string of the molecule is Cc1c(F)ccc2[nH]c(-c3cc4ccccc4n3CCCC3CCN(C)CC3)nc12. The van der Waals surface area contributed by atoms with Crippen LogP contribution in [-0.4, -0.2) is 39.6 Å². The summed E-state index contributed by atoms with van der Waals surface area (Å²) < 4.78 is 16.4. The van der Waals surface area contributed by atoms with E-state index in [0.717, 1.165) is 35.9 Å². The van der Waals surface area contributed by atoms with Gasteiger partial charge in [0.05, 0.1) is 16.7 Å². The molecule has 1 fully saturated rings. The Kier molecular flexibility index (Phi) is 5.07. The first-order valence-corrected chi connectivity index (χ1v) is 11.0. The van der Waals surface area contributed by atoms with Crippen LogP contribution < -0.4 is 0 Å². The van der Waals surface area contributed by atoms with Crippen LogP contribution in [0.3, 0.4) is 0 Å². The number of aromatic amines is 1. The molecule has 156 valence electrons. The molecule has 1 aliphatic heterocycles. The third-order valence-corrected chi connectivity index (χ3v) is 6.73. The highest BCUT2D eigenvalue weighted by molar-refractivity contribution is 5.88. The molecule has 0 bridgehead atoms. The Labute approximate surface area is 176 Å². The lowest BCUT2D eigenvalue weighted by atomic mass is 9.92. The van der Waals surface area contributed by atoms with Gasteiger partial charge in [-0.3, -0.25) is 0 Å². The van der Waals surface area contributed by atoms with E-state index in [1.54, 1.807) is 13.0 Å². The normalized spacial score (nSPS) is 16.1. The fourth-order valence-corrected chi connectivity index (χ4v) is 4.85. The number of H-pyrrole nitrogens is 1. The second-order valence-electron chi connectivity index (χ2n) is 8.78. The van der Waals surface area contributed by atoms with Crippen molar-refractivity contribution in [3.63, 3.8) is 0 Å². The number of piperidine rings is 1. The zero-order valence-electron chi connectivity index (χ0n) is 17.8. The number of aromatic nitrogens is 3. The zero-order chi connectivity index (χ0) is 20.7. The number of rotatable bonds is 5. The van der Waals surface area contributed by atoms with E-state index < -0.39 is 0 Å². The molecule has 2 aromatic carbocycles. The minimum atomic E-state index is -0.209. The van der Waals surface area contributed by atoms with Crippen molar-refractivity contribution < 1.29 is 4.39 Å². The summed E-state index contributed by atoms with van der Waals surface area (Å²) in [5, 5.41) is 1.22. The van der Waals surface area contributed by atoms with Crippen molar-refractivity contribution in [1.82, 2.24) is 19.4 Å². The Morgan fingerprint density at radius 1 is 1.13 bits per heavy atom. The van der Waals surface area contributed by atoms with Gasteiger partial charge < -0.3 is 14.5 Å². The average Bonchev–Trinajstić information content (AvgIpc) is 3.34. The highest BCUT2D eigenvalue weighted by Crippen LogP contribution is 2.30. The van der Waals surface area contributed by atoms with Gasteiger partial charge in [0.25, 0.3) is 0 Å². The number of halogens is 1. The molecule has 2 aromatic heterocycles. The van der Waals surface area contributed by atoms with Crippen LogP contribution in [0, 0.1) is 18.7 Å². The van der Waals surface area contributed by atoms with Gasteiger partial charge in [-0.25, -0.2) is 9.37 Å². The van der Waals surface area contributed by atoms with Crippen molar-refractivity contribution in [3.8, 4) is 11.5 Å². The first-order chi connectivity index (χ1) is 14.6. The predicted octanol–water partition coefficient (Wildman–Crippen LogP) is 5.75. The molecule has 0 unspecified atom stereocenters. The number of aryl methyl sites for hydroxylation is 2. The van der Waals surface area contributed by atoms with E-state index in [2.05, 4.69) is 51.8 Å². The van der Waals surface area contributed by atoms with Gasteiger partial charge in [0.15, 0.2) is 5.82 Å². The molecule has 5 heteroatoms. The van der Waals surface area contributed by atoms with Crippen LogP contribution in [0.4, 0.5) is 4.39 Å². The van der Waals surface area contributed by atoms with E-state index in [4.69, 9.17) is 4.98 Å². The minimum absolute atomic E-state index is 0.209. The summed E-state index contributed by atoms with van der Waals surface area (Å²) >= 11 is 0. The number of imidazole rings is 1. The van der Waals surface area contributed by atoms with Crippen LogP contribution in [0.5, 0.6) is 0 Å². The molecular weight excluding hydrogens is 375 g/mol. The summed E-state index contributed by atoms with van der Waals surface area (Å²) in [4.78, 5) is 10.6. The second-order valence-corrected chi connectivity index (χ2v) is 8.78. The first kappa shape index (κ1) is 19.3. The summed E-state index contributed by atoms with van der Waals surface area (Å²) in [6.07, 6.45) is 5.05. The molecule has 1 aliphatic rings. The third kappa shape index (κ3) is 3.52. The summed E-state index contributed by atoms with van der Waals surface area (Å²) in [6, 6.07) is 14.0. The predicted molar refractivity (Wildman–Crippen MR) is 121 cm³/mol. The van der Waals surface area contributed by atoms with Crippen LogP contribution in [0.1, 0.15) is 31.2 Å². The van der Waals surface area contributed by atoms with Crippen LogP contribution in [0.2, 0.25) is 0 Å². The number of para-hydroxylation sites is 1. The molecule has 30 heavy (non-hydrogen) atoms. The molecule has 0 spiro atoms. The molecule has 3 heterocycles. The van der Waals surface area contributed by atoms with Gasteiger partial charge >= 0.3 is 0 Å². The highest BCUT2D eigenvalue weighted by Gasteiger charge is 2.18. The fourth-order valence-electron chi connectivity index (χ4n) is 4.85. The maximum Gasteiger partial charge on any atom is 0.155 e. The van der Waals surface area contributed by atoms with E-state index in [-0.39, 0.29) is 5.82 Å². The lowest BCUT2D eigenvalue weighted by Gasteiger charge is -2.29. The molecule has 5 rings (SSSR count). The van der Waals surface area contributed by atoms with Crippen LogP contribution in [-0.2, 0) is 6.54 Å². The number of nitrogens with one attached hydrogen (secondary N) is 1. The topological polar surface area (TPSA) is 36.9 Å². The monoisotopic (exact) mass is 404 g/mol. The molecule has 0 aliphatic carbocycles. The number of hydrogen-bond donors (Lipinski definition) is 1. The van der Waals surface area contributed by atoms with E-state index in [1.165, 1.54) is 49.3 Å². The Balaban J connectivity index is 1.46. The van der Waals surface area contributed by atoms with E-state index in [9.17, 15) is 4.39 Å². The summed E-state index contributed by atoms with van der Waals surface area (Å²) in [5.41, 5.74) is 4.51. The van der Waals surface area contributed by atoms with Gasteiger partial charge in [0.2, 0.25) is 0 Å². The summed E-state index contributed by atoms with van der Waals surface area (Å²) in [7, 11) is 2.22. The molecule has 0 radical (unpaired) electrons. The Bertz CT molecular complexity index is 1180. The number of fused-ring (bicyclic) bond motifs is 2. The van der Waals surface area contributed by atoms with Crippen LogP contribution in [0.25, 0.3) is 33.5 Å². The molecule has 4 aromatic rings. The molecule has 0 saturated carbocycles. The van der Waals surface area contributed by atoms with Gasteiger partial charge in [-0.05, 0) is 82.9 Å². The molecule has 0 amide bonds. The summed E-state index contributed by atoms with van der Waals surface area (Å²) in [5.74, 6) is 1.44. The Morgan fingerprint density at radius 2 is 1.93 bits per heavy atom. The highest BCUT2D eigenvalue weighted by atomic mass is 19.1. The third-order valence-electron chi connectivity index (χ3n) is 6.73. The van der Waals surface area contributed by atoms with Crippen LogP contribution >= 0.6 is 0 Å². The number of likely N-dealkylation sites (tertiary alicyclic amines) is 1. The lowest BCUT2D eigenvalue weighted by Crippen LogP contribution is -2.30. The maximum absolute atomic E-state index is 14.0. The minimum Gasteiger partial charge on any atom is -0.338 e. The van der Waals surface area contributed by atoms with Crippen molar-refractivity contribution in [2.45, 2.75) is 39.2 Å². The molecule has 1 N–H and O–H groups in total. The van der Waals surface area contributed by atoms with Gasteiger partial charge in [-0.15, -0.1) is 0 Å². The van der Waals surface area contributed by atoms with E-state index in [0.29, 0.717) is 11.1 Å². The quantitative estimate of drug-likeness (QED) is 0.459. The van der Waals surface area contributed by atoms with Crippen LogP contribution in [0.15, 0.2) is 42.5 Å². The molecule has 4 nitrogen and oxygen atoms in total. The first-order valence-electron chi connectivity index (χ1n) is 11.0. The molecule has 0 atom stereocenters. The maximum atomic E-state index is 14.0. The van der Waals surface area contributed by atoms with Crippen molar-refractivity contribution >= 4 is 21.9 Å². The largest absolute Gasteiger partial charge is 0.338 e. The van der Waals surface area contributed by atoms with Gasteiger partial charge in [0.1, 0.15) is 5.82 Å². The van der Waals surface area contributed by atoms with E-state index >= 15 is 0 Å². The van der Waals surface area contributed by atoms with E-state index in [1.807, 2.05) is 0 Å². The van der Waals surface area contributed by atoms with Crippen molar-refractivity contribution in [1.29, 1.82) is 0 Å². The molecular formula is C25H29FN4. The second kappa shape index (κ2) is 7.88. The van der Waals surface area contributed by atoms with Gasteiger partial charge in [-0.2, -0.15) is 0 Å². The standard InChI is InChI=1S/C25H29FN4/c1-17-20(26)9-10-21-24(17)28-25(27-21)23-16-19-7-3-4-8-22(19)30(23)13-5-6-18-11-14-29(2)15-12-18/h3-4,7-10,16,18H,5-6,11-15H2,1-2H3,(H,27,28). The number of benzene rings is 2. The zero-order valence-corrected chi connectivity index (χ0v) is 17.8. The Morgan fingerprint density at radius 3 is 2.77 bits per heavy atom. The average molecular weight is 405 g/mol. The lowest BCUT2D eigenvalue weighted by molar-refractivity contribution is 0.209. The fraction of sp³-hybridized carbons (Fsp3) is 0.400. The number of nitrogens with zero attached hydrogens (tertiary/aromatic N) is 3. The smallest absolute Gasteiger partial charge is 0.155 e. The van der Waals surface area contributed by atoms with Crippen molar-refractivity contribution in [2.24, 2.45) is 5.92 Å².